The normalized spacial score (nSPS) is 17.9. The lowest BCUT2D eigenvalue weighted by molar-refractivity contribution is -0.142. The summed E-state index contributed by atoms with van der Waals surface area (Å²) >= 11 is 0. The van der Waals surface area contributed by atoms with Crippen molar-refractivity contribution in [2.45, 2.75) is 43.9 Å². The van der Waals surface area contributed by atoms with Crippen molar-refractivity contribution >= 4 is 11.8 Å². The van der Waals surface area contributed by atoms with Crippen molar-refractivity contribution in [3.63, 3.8) is 0 Å². The number of carbonyl (C=O) groups excluding carboxylic acids is 2. The molecule has 0 aromatic carbocycles. The molecule has 2 amide bonds. The third-order valence-electron chi connectivity index (χ3n) is 7.20. The number of hydrogen-bond donors (Lipinski definition) is 2. The van der Waals surface area contributed by atoms with Crippen LogP contribution >= 0.6 is 0 Å². The van der Waals surface area contributed by atoms with E-state index in [2.05, 4.69) is 30.5 Å². The van der Waals surface area contributed by atoms with Crippen molar-refractivity contribution < 1.29 is 36.6 Å². The fourth-order valence-electron chi connectivity index (χ4n) is 4.96. The van der Waals surface area contributed by atoms with Crippen molar-refractivity contribution in [2.24, 2.45) is 5.92 Å². The van der Waals surface area contributed by atoms with Gasteiger partial charge in [-0.2, -0.15) is 18.3 Å². The zero-order valence-corrected chi connectivity index (χ0v) is 21.5. The number of piperidine rings is 1. The molecular formula is C25H25F4N7O4. The van der Waals surface area contributed by atoms with Gasteiger partial charge in [0, 0.05) is 29.6 Å². The van der Waals surface area contributed by atoms with E-state index in [0.29, 0.717) is 25.7 Å². The van der Waals surface area contributed by atoms with Gasteiger partial charge in [-0.25, -0.2) is 14.4 Å². The molecule has 40 heavy (non-hydrogen) atoms. The van der Waals surface area contributed by atoms with Crippen LogP contribution in [-0.2, 0) is 17.5 Å². The second-order valence-electron chi connectivity index (χ2n) is 9.67. The van der Waals surface area contributed by atoms with Crippen LogP contribution in [-0.4, -0.2) is 68.2 Å². The molecule has 0 bridgehead atoms. The van der Waals surface area contributed by atoms with Crippen LogP contribution in [0.4, 0.5) is 17.6 Å². The number of likely N-dealkylation sites (tertiary alicyclic amines) is 1. The van der Waals surface area contributed by atoms with Gasteiger partial charge in [0.25, 0.3) is 5.91 Å². The number of carbonyl (C=O) groups is 2. The Balaban J connectivity index is 1.24. The van der Waals surface area contributed by atoms with E-state index in [9.17, 15) is 27.2 Å². The lowest BCUT2D eigenvalue weighted by Gasteiger charge is -2.39. The summed E-state index contributed by atoms with van der Waals surface area (Å²) in [6.45, 7) is -0.192. The average molecular weight is 564 g/mol. The van der Waals surface area contributed by atoms with E-state index in [4.69, 9.17) is 9.47 Å². The standard InChI is InChI=1S/C25H25F4N7O4/c1-39-19-7-14(15(26)10-31-19)16-8-17(35-34-16)23(38)36-6-3-13(9-24(36)4-5-24)22(37)32-11-18-21(25(27,28)29)33-20(40-2)12-30-18/h7-8,10,12-13H,3-6,9,11H2,1-2H3,(H,32,37)(H,34,35)/t13-/m0/s1. The van der Waals surface area contributed by atoms with Crippen LogP contribution in [0.5, 0.6) is 11.8 Å². The Kier molecular flexibility index (Phi) is 7.06. The minimum absolute atomic E-state index is 0.119. The number of ether oxygens (including phenoxy) is 2. The predicted molar refractivity (Wildman–Crippen MR) is 129 cm³/mol. The van der Waals surface area contributed by atoms with Crippen LogP contribution in [0.15, 0.2) is 24.5 Å². The first-order valence-corrected chi connectivity index (χ1v) is 12.4. The summed E-state index contributed by atoms with van der Waals surface area (Å²) < 4.78 is 64.4. The van der Waals surface area contributed by atoms with E-state index < -0.39 is 47.3 Å². The highest BCUT2D eigenvalue weighted by atomic mass is 19.4. The summed E-state index contributed by atoms with van der Waals surface area (Å²) in [7, 11) is 2.58. The van der Waals surface area contributed by atoms with Gasteiger partial charge in [-0.1, -0.05) is 0 Å². The molecule has 212 valence electrons. The maximum absolute atomic E-state index is 14.3. The summed E-state index contributed by atoms with van der Waals surface area (Å²) in [4.78, 5) is 39.0. The summed E-state index contributed by atoms with van der Waals surface area (Å²) in [5.41, 5.74) is -1.69. The quantitative estimate of drug-likeness (QED) is 0.419. The molecule has 1 aliphatic carbocycles. The first-order valence-electron chi connectivity index (χ1n) is 12.4. The second kappa shape index (κ2) is 10.4. The molecule has 1 atom stereocenters. The van der Waals surface area contributed by atoms with Crippen LogP contribution in [0, 0.1) is 11.7 Å². The van der Waals surface area contributed by atoms with Crippen LogP contribution in [0.25, 0.3) is 11.3 Å². The minimum atomic E-state index is -4.77. The van der Waals surface area contributed by atoms with Crippen molar-refractivity contribution in [3.8, 4) is 23.0 Å². The molecule has 1 spiro atoms. The Hall–Kier alpha value is -4.30. The van der Waals surface area contributed by atoms with Crippen molar-refractivity contribution in [3.05, 3.63) is 47.4 Å². The molecule has 3 aromatic rings. The molecule has 0 unspecified atom stereocenters. The maximum Gasteiger partial charge on any atom is 0.435 e. The Bertz CT molecular complexity index is 1440. The number of pyridine rings is 1. The topological polar surface area (TPSA) is 135 Å². The summed E-state index contributed by atoms with van der Waals surface area (Å²) in [6, 6.07) is 2.82. The van der Waals surface area contributed by atoms with Crippen molar-refractivity contribution in [1.29, 1.82) is 0 Å². The molecule has 2 aliphatic rings. The second-order valence-corrected chi connectivity index (χ2v) is 9.67. The highest BCUT2D eigenvalue weighted by Gasteiger charge is 2.54. The number of amides is 2. The molecule has 3 aromatic heterocycles. The van der Waals surface area contributed by atoms with Gasteiger partial charge in [0.15, 0.2) is 11.5 Å². The number of hydrogen-bond acceptors (Lipinski definition) is 8. The average Bonchev–Trinajstić information content (AvgIpc) is 3.51. The first-order chi connectivity index (χ1) is 19.0. The number of rotatable bonds is 7. The fourth-order valence-corrected chi connectivity index (χ4v) is 4.96. The van der Waals surface area contributed by atoms with E-state index in [0.717, 1.165) is 12.4 Å². The first kappa shape index (κ1) is 27.3. The van der Waals surface area contributed by atoms with Crippen LogP contribution in [0.3, 0.4) is 0 Å². The number of nitrogens with zero attached hydrogens (tertiary/aromatic N) is 5. The molecule has 2 N–H and O–H groups in total. The smallest absolute Gasteiger partial charge is 0.435 e. The maximum atomic E-state index is 14.3. The summed E-state index contributed by atoms with van der Waals surface area (Å²) in [5, 5.41) is 9.29. The van der Waals surface area contributed by atoms with Crippen molar-refractivity contribution in [2.75, 3.05) is 20.8 Å². The van der Waals surface area contributed by atoms with E-state index in [1.807, 2.05) is 0 Å². The number of methoxy groups -OCH3 is 2. The monoisotopic (exact) mass is 563 g/mol. The van der Waals surface area contributed by atoms with E-state index >= 15 is 0 Å². The molecule has 15 heteroatoms. The van der Waals surface area contributed by atoms with E-state index in [-0.39, 0.29) is 41.2 Å². The number of alkyl halides is 3. The fraction of sp³-hybridized carbons (Fsp3) is 0.440. The zero-order valence-electron chi connectivity index (χ0n) is 21.5. The SMILES string of the molecule is COc1cc(-c2cc(C(=O)N3CC[C@H](C(=O)NCc4ncc(OC)nc4C(F)(F)F)CC34CC4)[nH]n2)c(F)cn1. The molecule has 1 saturated heterocycles. The van der Waals surface area contributed by atoms with E-state index in [1.54, 1.807) is 4.90 Å². The number of aromatic nitrogens is 5. The molecule has 5 rings (SSSR count). The number of nitrogens with one attached hydrogen (secondary N) is 2. The molecule has 2 fully saturated rings. The van der Waals surface area contributed by atoms with Gasteiger partial charge in [0.05, 0.1) is 44.5 Å². The largest absolute Gasteiger partial charge is 0.481 e. The minimum Gasteiger partial charge on any atom is -0.481 e. The van der Waals surface area contributed by atoms with Gasteiger partial charge in [-0.3, -0.25) is 19.7 Å². The third-order valence-corrected chi connectivity index (χ3v) is 7.20. The molecular weight excluding hydrogens is 538 g/mol. The predicted octanol–water partition coefficient (Wildman–Crippen LogP) is 3.14. The summed E-state index contributed by atoms with van der Waals surface area (Å²) in [6.07, 6.45) is -0.666. The molecule has 0 radical (unpaired) electrons. The van der Waals surface area contributed by atoms with E-state index in [1.165, 1.54) is 26.4 Å². The molecule has 11 nitrogen and oxygen atoms in total. The molecule has 1 saturated carbocycles. The Morgan fingerprint density at radius 3 is 2.58 bits per heavy atom. The van der Waals surface area contributed by atoms with Crippen LogP contribution < -0.4 is 14.8 Å². The van der Waals surface area contributed by atoms with Gasteiger partial charge in [0.1, 0.15) is 5.69 Å². The highest BCUT2D eigenvalue weighted by Crippen LogP contribution is 2.50. The molecule has 4 heterocycles. The highest BCUT2D eigenvalue weighted by molar-refractivity contribution is 5.94. The van der Waals surface area contributed by atoms with Gasteiger partial charge in [-0.15, -0.1) is 0 Å². The Morgan fingerprint density at radius 2 is 1.90 bits per heavy atom. The number of H-pyrrole nitrogens is 1. The number of aromatic amines is 1. The third kappa shape index (κ3) is 5.27. The summed E-state index contributed by atoms with van der Waals surface area (Å²) in [5.74, 6) is -1.97. The Morgan fingerprint density at radius 1 is 1.15 bits per heavy atom. The van der Waals surface area contributed by atoms with Gasteiger partial charge in [0.2, 0.25) is 17.7 Å². The van der Waals surface area contributed by atoms with Gasteiger partial charge < -0.3 is 19.7 Å². The van der Waals surface area contributed by atoms with Crippen molar-refractivity contribution in [1.82, 2.24) is 35.4 Å². The van der Waals surface area contributed by atoms with Gasteiger partial charge >= 0.3 is 6.18 Å². The number of halogens is 4. The zero-order chi connectivity index (χ0) is 28.7. The molecule has 1 aliphatic heterocycles. The lowest BCUT2D eigenvalue weighted by atomic mass is 9.88. The van der Waals surface area contributed by atoms with Crippen LogP contribution in [0.2, 0.25) is 0 Å². The lowest BCUT2D eigenvalue weighted by Crippen LogP contribution is -2.50. The Labute approximate surface area is 225 Å². The van der Waals surface area contributed by atoms with Gasteiger partial charge in [-0.05, 0) is 31.7 Å². The van der Waals surface area contributed by atoms with Crippen LogP contribution in [0.1, 0.15) is 47.6 Å².